The first-order chi connectivity index (χ1) is 12.7. The van der Waals surface area contributed by atoms with Gasteiger partial charge in [-0.05, 0) is 18.2 Å². The summed E-state index contributed by atoms with van der Waals surface area (Å²) >= 11 is 0. The van der Waals surface area contributed by atoms with Crippen LogP contribution in [0.1, 0.15) is 13.8 Å². The minimum atomic E-state index is -2.52. The highest BCUT2D eigenvalue weighted by Gasteiger charge is 2.35. The quantitative estimate of drug-likeness (QED) is 0.406. The minimum Gasteiger partial charge on any atom is -0.257 e. The van der Waals surface area contributed by atoms with Gasteiger partial charge >= 0.3 is 0 Å². The maximum absolute atomic E-state index is 8.10. The molecule has 1 aliphatic rings. The smallest absolute Gasteiger partial charge is 0.257 e. The van der Waals surface area contributed by atoms with Gasteiger partial charge in [0.25, 0.3) is 11.5 Å². The van der Waals surface area contributed by atoms with Crippen LogP contribution in [0.2, 0.25) is 0 Å². The van der Waals surface area contributed by atoms with Gasteiger partial charge in [0.05, 0.1) is 28.7 Å². The van der Waals surface area contributed by atoms with Gasteiger partial charge in [-0.1, -0.05) is 6.07 Å². The first-order valence-electron chi connectivity index (χ1n) is 9.58. The number of fused-ring (bicyclic) bond motifs is 7. The van der Waals surface area contributed by atoms with Gasteiger partial charge in [-0.25, -0.2) is 14.5 Å². The summed E-state index contributed by atoms with van der Waals surface area (Å²) in [5, 5.41) is 0. The molecule has 4 aromatic heterocycles. The highest BCUT2D eigenvalue weighted by atomic mass is 15.3. The summed E-state index contributed by atoms with van der Waals surface area (Å²) in [6, 6.07) is 6.94. The average molecular weight is 282 g/mol. The number of pyridine rings is 2. The summed E-state index contributed by atoms with van der Waals surface area (Å²) in [5.74, 6) is 0.376. The summed E-state index contributed by atoms with van der Waals surface area (Å²) in [5.41, 5.74) is 2.72. The molecule has 21 heavy (non-hydrogen) atoms. The maximum Gasteiger partial charge on any atom is 0.271 e. The van der Waals surface area contributed by atoms with Crippen LogP contribution in [0, 0.1) is 0 Å². The summed E-state index contributed by atoms with van der Waals surface area (Å²) in [6.45, 7) is -4.67. The Morgan fingerprint density at radius 3 is 2.90 bits per heavy atom. The number of nitrogens with zero attached hydrogens (tertiary/aromatic N) is 5. The summed E-state index contributed by atoms with van der Waals surface area (Å²) in [4.78, 5) is 8.67. The van der Waals surface area contributed by atoms with Crippen LogP contribution in [0.15, 0.2) is 36.7 Å². The third kappa shape index (κ3) is 1.15. The molecular formula is C16H14N5+. The van der Waals surface area contributed by atoms with E-state index in [-0.39, 0.29) is 5.52 Å². The molecule has 0 bridgehead atoms. The van der Waals surface area contributed by atoms with Crippen LogP contribution < -0.4 is 4.57 Å². The fraction of sp³-hybridized carbons (Fsp3) is 0.188. The van der Waals surface area contributed by atoms with Crippen molar-refractivity contribution in [2.75, 3.05) is 0 Å². The van der Waals surface area contributed by atoms with Gasteiger partial charge in [-0.15, -0.1) is 0 Å². The van der Waals surface area contributed by atoms with Gasteiger partial charge < -0.3 is 0 Å². The van der Waals surface area contributed by atoms with Crippen molar-refractivity contribution < 1.29 is 12.8 Å². The van der Waals surface area contributed by atoms with E-state index >= 15 is 0 Å². The lowest BCUT2D eigenvalue weighted by molar-refractivity contribution is -0.648. The van der Waals surface area contributed by atoms with Crippen LogP contribution in [0.4, 0.5) is 0 Å². The zero-order valence-corrected chi connectivity index (χ0v) is 10.9. The monoisotopic (exact) mass is 282 g/mol. The van der Waals surface area contributed by atoms with Crippen molar-refractivity contribution in [3.8, 4) is 11.5 Å². The SMILES string of the molecule is [2H]C([2H])([2H])n1c2[n+](c3c1c1ncccc1n3C([2H])([2H])[2H])Cc1cccnc1-2. The van der Waals surface area contributed by atoms with Crippen molar-refractivity contribution in [1.82, 2.24) is 19.1 Å². The van der Waals surface area contributed by atoms with Gasteiger partial charge in [0, 0.05) is 18.0 Å². The fourth-order valence-corrected chi connectivity index (χ4v) is 3.19. The van der Waals surface area contributed by atoms with Crippen molar-refractivity contribution in [3.63, 3.8) is 0 Å². The van der Waals surface area contributed by atoms with E-state index in [4.69, 9.17) is 8.22 Å². The molecule has 0 amide bonds. The van der Waals surface area contributed by atoms with Crippen molar-refractivity contribution >= 4 is 22.2 Å². The molecule has 0 saturated carbocycles. The first kappa shape index (κ1) is 6.85. The number of imidazole rings is 1. The van der Waals surface area contributed by atoms with Crippen LogP contribution in [-0.2, 0) is 20.5 Å². The molecule has 1 aliphatic heterocycles. The Bertz CT molecular complexity index is 1230. The predicted octanol–water partition coefficient (Wildman–Crippen LogP) is 1.78. The van der Waals surface area contributed by atoms with Crippen molar-refractivity contribution in [2.24, 2.45) is 14.0 Å². The minimum absolute atomic E-state index is 0.285. The van der Waals surface area contributed by atoms with Crippen molar-refractivity contribution in [2.45, 2.75) is 6.54 Å². The molecule has 5 heteroatoms. The Hall–Kier alpha value is -2.69. The van der Waals surface area contributed by atoms with E-state index in [9.17, 15) is 0 Å². The van der Waals surface area contributed by atoms with Crippen molar-refractivity contribution in [1.29, 1.82) is 0 Å². The first-order valence-corrected chi connectivity index (χ1v) is 6.58. The Morgan fingerprint density at radius 2 is 2.00 bits per heavy atom. The molecule has 0 radical (unpaired) electrons. The van der Waals surface area contributed by atoms with Gasteiger partial charge in [-0.3, -0.25) is 9.13 Å². The molecule has 0 N–H and O–H groups in total. The molecule has 5 heterocycles. The van der Waals surface area contributed by atoms with Gasteiger partial charge in [-0.2, -0.15) is 0 Å². The predicted molar refractivity (Wildman–Crippen MR) is 79.7 cm³/mol. The lowest BCUT2D eigenvalue weighted by Crippen LogP contribution is -2.33. The van der Waals surface area contributed by atoms with Crippen LogP contribution in [0.3, 0.4) is 0 Å². The summed E-state index contributed by atoms with van der Waals surface area (Å²) < 4.78 is 52.5. The Kier molecular flexibility index (Phi) is 1.14. The van der Waals surface area contributed by atoms with E-state index in [2.05, 4.69) is 9.97 Å². The number of aromatic nitrogens is 5. The maximum atomic E-state index is 8.10. The molecule has 0 spiro atoms. The molecule has 0 atom stereocenters. The van der Waals surface area contributed by atoms with E-state index in [1.165, 1.54) is 15.3 Å². The largest absolute Gasteiger partial charge is 0.271 e. The zero-order chi connectivity index (χ0) is 19.1. The highest BCUT2D eigenvalue weighted by molar-refractivity contribution is 6.01. The van der Waals surface area contributed by atoms with Gasteiger partial charge in [0.15, 0.2) is 0 Å². The second kappa shape index (κ2) is 3.49. The molecule has 5 nitrogen and oxygen atoms in total. The highest BCUT2D eigenvalue weighted by Crippen LogP contribution is 2.32. The molecule has 5 rings (SSSR count). The van der Waals surface area contributed by atoms with Crippen LogP contribution in [0.5, 0.6) is 0 Å². The molecule has 0 aliphatic carbocycles. The zero-order valence-electron chi connectivity index (χ0n) is 16.9. The fourth-order valence-electron chi connectivity index (χ4n) is 3.19. The Labute approximate surface area is 129 Å². The lowest BCUT2D eigenvalue weighted by Gasteiger charge is -1.96. The molecule has 102 valence electrons. The van der Waals surface area contributed by atoms with Crippen molar-refractivity contribution in [3.05, 3.63) is 42.2 Å². The van der Waals surface area contributed by atoms with E-state index in [1.807, 2.05) is 6.07 Å². The molecule has 0 fully saturated rings. The molecule has 0 unspecified atom stereocenters. The molecular weight excluding hydrogens is 262 g/mol. The summed E-state index contributed by atoms with van der Waals surface area (Å²) in [6.07, 6.45) is 3.13. The number of rotatable bonds is 0. The molecule has 0 saturated heterocycles. The number of hydrogen-bond donors (Lipinski definition) is 0. The second-order valence-corrected chi connectivity index (χ2v) is 5.14. The Balaban J connectivity index is 2.07. The van der Waals surface area contributed by atoms with E-state index in [0.717, 1.165) is 5.56 Å². The van der Waals surface area contributed by atoms with E-state index in [1.54, 1.807) is 29.0 Å². The number of aryl methyl sites for hydroxylation is 2. The standard InChI is InChI=1S/C16H14N5/c1-19-11-6-4-8-18-13(11)14-16(19)21-9-10-5-3-7-17-12(10)15(21)20(14)2/h3-8H,9H2,1-2H3/q+1/i1D3,2D3. The third-order valence-electron chi connectivity index (χ3n) is 4.05. The van der Waals surface area contributed by atoms with Crippen LogP contribution in [-0.4, -0.2) is 19.1 Å². The van der Waals surface area contributed by atoms with Gasteiger partial charge in [0.2, 0.25) is 5.52 Å². The second-order valence-electron chi connectivity index (χ2n) is 5.14. The summed E-state index contributed by atoms with van der Waals surface area (Å²) in [7, 11) is 0. The van der Waals surface area contributed by atoms with E-state index < -0.39 is 14.0 Å². The Morgan fingerprint density at radius 1 is 1.14 bits per heavy atom. The third-order valence-corrected chi connectivity index (χ3v) is 4.05. The van der Waals surface area contributed by atoms with Crippen LogP contribution >= 0.6 is 0 Å². The van der Waals surface area contributed by atoms with E-state index in [0.29, 0.717) is 34.7 Å². The molecule has 0 aromatic carbocycles. The van der Waals surface area contributed by atoms with Crippen LogP contribution in [0.25, 0.3) is 33.7 Å². The normalized spacial score (nSPS) is 18.5. The topological polar surface area (TPSA) is 39.5 Å². The molecule has 4 aromatic rings. The average Bonchev–Trinajstić information content (AvgIpc) is 3.19. The lowest BCUT2D eigenvalue weighted by atomic mass is 10.2. The van der Waals surface area contributed by atoms with Gasteiger partial charge in [0.1, 0.15) is 16.7 Å². The number of hydrogen-bond acceptors (Lipinski definition) is 2.